The summed E-state index contributed by atoms with van der Waals surface area (Å²) < 4.78 is 0.503. The van der Waals surface area contributed by atoms with Gasteiger partial charge in [0.1, 0.15) is 45.7 Å². The van der Waals surface area contributed by atoms with E-state index in [1.165, 1.54) is 34.6 Å². The van der Waals surface area contributed by atoms with Crippen LogP contribution >= 0.6 is 22.6 Å². The lowest BCUT2D eigenvalue weighted by molar-refractivity contribution is -0.155. The van der Waals surface area contributed by atoms with Crippen LogP contribution < -0.4 is 11.5 Å². The number of phenolic OH excluding ortho intramolecular Hbond substituents is 2. The summed E-state index contributed by atoms with van der Waals surface area (Å²) in [5, 5.41) is 89.7. The minimum atomic E-state index is -2.65. The van der Waals surface area contributed by atoms with Crippen LogP contribution in [0.3, 0.4) is 0 Å². The first kappa shape index (κ1) is 60.1. The second kappa shape index (κ2) is 23.1. The molecule has 2 aromatic carbocycles. The predicted octanol–water partition coefficient (Wildman–Crippen LogP) is 5.63. The number of aliphatic hydroxyl groups excluding tert-OH is 4. The Bertz CT molecular complexity index is 3410. The van der Waals surface area contributed by atoms with Crippen molar-refractivity contribution in [1.29, 1.82) is 0 Å². The van der Waals surface area contributed by atoms with Crippen molar-refractivity contribution in [2.45, 2.75) is 127 Å². The summed E-state index contributed by atoms with van der Waals surface area (Å²) >= 11 is 1.94. The SMILES string of the molecule is C#CC1=CCCCC1.CCc1cc(C#CC2=CCCCC2)c(O)c2c1C[C@H]1C[C@H]3[C@H](N(C)C)C(=O)C(C(N)=O)=C(O)[C@@]3(O)C(=O)C1=C2O.CCc1cc(I)c(O)c2c1C[C@H]1C[C@H]3[C@H](N(C)C)C(=O)C(C(N)=O)=C(O)[C@@]3(O)C(=O)C1=C2O. The normalized spacial score (nSPS) is 27.6. The van der Waals surface area contributed by atoms with Gasteiger partial charge in [0.15, 0.2) is 22.8 Å². The van der Waals surface area contributed by atoms with E-state index in [0.717, 1.165) is 48.8 Å². The van der Waals surface area contributed by atoms with Crippen molar-refractivity contribution in [3.8, 4) is 35.7 Å². The van der Waals surface area contributed by atoms with Crippen molar-refractivity contribution in [2.75, 3.05) is 28.2 Å². The molecule has 19 heteroatoms. The maximum Gasteiger partial charge on any atom is 0.255 e. The number of phenols is 2. The van der Waals surface area contributed by atoms with Gasteiger partial charge in [-0.25, -0.2) is 0 Å². The standard InChI is InChI=1S/C31H34N2O7.C23H25IN2O7.C8H10/c1-4-16-12-17(11-10-15-8-6-5-7-9-15)25(34)22-19(16)13-18-14-20-24(33(2)3)27(36)23(30(32)39)29(38)31(20,40)28(37)21(18)26(22)35;1-4-8-7-12(24)17(27)14-10(8)5-9-6-11-16(26(2)3)19(29)15(22(25)32)21(31)23(11,33)20(30)13(9)18(14)28;1-2-8-6-4-3-5-7-8/h8,12,18,20,24,34-35,38,40H,4-7,9,13-14H2,1-3H3,(H2,32,39);7,9,11,16,27-28,31,33H,4-6H2,1-3H3,(H2,25,32);1,6H,3-5,7H2/t18-,20-,24-,31-;9-,11-,16-,23-;/m00./s1. The number of hydrogen-bond donors (Lipinski definition) is 10. The van der Waals surface area contributed by atoms with Gasteiger partial charge in [0.2, 0.25) is 11.6 Å². The van der Waals surface area contributed by atoms with Gasteiger partial charge in [0, 0.05) is 23.0 Å². The van der Waals surface area contributed by atoms with Crippen LogP contribution in [0, 0.1) is 51.4 Å². The summed E-state index contributed by atoms with van der Waals surface area (Å²) in [7, 11) is 6.30. The van der Waals surface area contributed by atoms with Crippen molar-refractivity contribution < 1.29 is 69.6 Å². The third kappa shape index (κ3) is 9.98. The van der Waals surface area contributed by atoms with Crippen LogP contribution in [0.4, 0.5) is 0 Å². The number of primary amides is 2. The Hall–Kier alpha value is -7.01. The molecule has 8 atom stereocenters. The van der Waals surface area contributed by atoms with Crippen LogP contribution in [0.5, 0.6) is 11.5 Å². The highest BCUT2D eigenvalue weighted by Gasteiger charge is 2.66. The van der Waals surface area contributed by atoms with Crippen LogP contribution in [0.15, 0.2) is 69.2 Å². The molecular weight excluding hydrogens is 1150 g/mol. The van der Waals surface area contributed by atoms with E-state index in [4.69, 9.17) is 17.9 Å². The van der Waals surface area contributed by atoms with Gasteiger partial charge in [-0.15, -0.1) is 6.42 Å². The second-order valence-corrected chi connectivity index (χ2v) is 23.6. The van der Waals surface area contributed by atoms with Crippen LogP contribution in [0.2, 0.25) is 0 Å². The fourth-order valence-corrected chi connectivity index (χ4v) is 14.2. The number of amides is 2. The molecule has 0 unspecified atom stereocenters. The zero-order chi connectivity index (χ0) is 59.5. The van der Waals surface area contributed by atoms with Gasteiger partial charge in [-0.05, 0) is 198 Å². The minimum absolute atomic E-state index is 0.0609. The summed E-state index contributed by atoms with van der Waals surface area (Å²) in [5.41, 5.74) is 9.37. The number of halogens is 1. The number of terminal acetylenes is 1. The smallest absolute Gasteiger partial charge is 0.255 e. The number of benzene rings is 2. The van der Waals surface area contributed by atoms with Crippen molar-refractivity contribution in [3.63, 3.8) is 0 Å². The number of carbonyl (C=O) groups excluding carboxylic acids is 6. The number of Topliss-reactive ketones (excluding diaryl/α,β-unsaturated/α-hetero) is 4. The maximum absolute atomic E-state index is 14.0. The number of aliphatic hydroxyl groups is 6. The maximum atomic E-state index is 14.0. The Morgan fingerprint density at radius 2 is 1.07 bits per heavy atom. The second-order valence-electron chi connectivity index (χ2n) is 22.5. The number of aryl methyl sites for hydroxylation is 2. The first-order valence-corrected chi connectivity index (χ1v) is 28.4. The molecule has 0 saturated heterocycles. The highest BCUT2D eigenvalue weighted by molar-refractivity contribution is 14.1. The highest BCUT2D eigenvalue weighted by Crippen LogP contribution is 2.55. The number of nitrogens with zero attached hydrogens (tertiary/aromatic N) is 2. The fraction of sp³-hybridized carbons (Fsp3) is 0.452. The van der Waals surface area contributed by atoms with E-state index in [9.17, 15) is 69.6 Å². The quantitative estimate of drug-likeness (QED) is 0.0952. The minimum Gasteiger partial charge on any atom is -0.508 e. The molecule has 2 amide bonds. The summed E-state index contributed by atoms with van der Waals surface area (Å²) in [6.07, 6.45) is 20.3. The summed E-state index contributed by atoms with van der Waals surface area (Å²) in [5.74, 6) is -4.13. The van der Waals surface area contributed by atoms with Crippen molar-refractivity contribution in [1.82, 2.24) is 9.80 Å². The van der Waals surface area contributed by atoms with Crippen molar-refractivity contribution in [3.05, 3.63) is 112 Å². The number of hydrogen-bond acceptors (Lipinski definition) is 16. The van der Waals surface area contributed by atoms with E-state index in [2.05, 4.69) is 29.9 Å². The molecule has 0 bridgehead atoms. The molecule has 0 heterocycles. The number of rotatable bonds is 6. The fourth-order valence-electron chi connectivity index (χ4n) is 13.5. The van der Waals surface area contributed by atoms with Crippen LogP contribution in [-0.2, 0) is 54.5 Å². The number of fused-ring (bicyclic) bond motifs is 6. The molecule has 8 aliphatic carbocycles. The van der Waals surface area contributed by atoms with E-state index in [1.807, 2.05) is 48.6 Å². The lowest BCUT2D eigenvalue weighted by Crippen LogP contribution is -2.65. The van der Waals surface area contributed by atoms with E-state index < -0.39 is 116 Å². The Balaban J connectivity index is 0.000000189. The number of carbonyl (C=O) groups is 6. The number of likely N-dealkylation sites (N-methyl/N-ethyl adjacent to an activating group) is 2. The first-order valence-electron chi connectivity index (χ1n) is 27.3. The third-order valence-corrected chi connectivity index (χ3v) is 18.3. The predicted molar refractivity (Wildman–Crippen MR) is 309 cm³/mol. The van der Waals surface area contributed by atoms with Crippen LogP contribution in [0.1, 0.15) is 117 Å². The number of aromatic hydroxyl groups is 2. The molecule has 12 N–H and O–H groups in total. The monoisotopic (exact) mass is 1220 g/mol. The van der Waals surface area contributed by atoms with Gasteiger partial charge < -0.3 is 52.3 Å². The molecule has 2 saturated carbocycles. The Morgan fingerprint density at radius 1 is 0.654 bits per heavy atom. The average molecular weight is 1220 g/mol. The molecule has 18 nitrogen and oxygen atoms in total. The van der Waals surface area contributed by atoms with Crippen molar-refractivity contribution >= 4 is 69.1 Å². The largest absolute Gasteiger partial charge is 0.508 e. The van der Waals surface area contributed by atoms with Gasteiger partial charge in [-0.2, -0.15) is 0 Å². The van der Waals surface area contributed by atoms with Gasteiger partial charge >= 0.3 is 0 Å². The third-order valence-electron chi connectivity index (χ3n) is 17.5. The molecule has 81 heavy (non-hydrogen) atoms. The molecule has 2 fully saturated rings. The first-order chi connectivity index (χ1) is 38.2. The Kier molecular flexibility index (Phi) is 17.1. The Morgan fingerprint density at radius 3 is 1.44 bits per heavy atom. The van der Waals surface area contributed by atoms with Gasteiger partial charge in [0.05, 0.1) is 32.3 Å². The van der Waals surface area contributed by atoms with Gasteiger partial charge in [-0.3, -0.25) is 38.6 Å². The average Bonchev–Trinajstić information content (AvgIpc) is 2.18. The molecule has 0 aromatic heterocycles. The molecule has 0 radical (unpaired) electrons. The molecule has 10 rings (SSSR count). The summed E-state index contributed by atoms with van der Waals surface area (Å²) in [4.78, 5) is 81.1. The molecule has 2 aromatic rings. The number of allylic oxidation sites excluding steroid dienone is 4. The Labute approximate surface area is 483 Å². The number of nitrogens with two attached hydrogens (primary N) is 2. The van der Waals surface area contributed by atoms with Crippen LogP contribution in [0.25, 0.3) is 11.5 Å². The van der Waals surface area contributed by atoms with Gasteiger partial charge in [-0.1, -0.05) is 43.8 Å². The molecule has 428 valence electrons. The van der Waals surface area contributed by atoms with E-state index in [1.54, 1.807) is 28.2 Å². The highest BCUT2D eigenvalue weighted by atomic mass is 127. The van der Waals surface area contributed by atoms with Crippen LogP contribution in [-0.4, -0.2) is 137 Å². The molecular formula is C62H69IN4O14. The summed E-state index contributed by atoms with van der Waals surface area (Å²) in [6.45, 7) is 3.89. The van der Waals surface area contributed by atoms with Gasteiger partial charge in [0.25, 0.3) is 11.8 Å². The zero-order valence-electron chi connectivity index (χ0n) is 46.2. The van der Waals surface area contributed by atoms with Crippen molar-refractivity contribution in [2.24, 2.45) is 35.1 Å². The topological polar surface area (TPSA) is 323 Å². The zero-order valence-corrected chi connectivity index (χ0v) is 48.4. The lowest BCUT2D eigenvalue weighted by atomic mass is 9.57. The lowest BCUT2D eigenvalue weighted by Gasteiger charge is -2.50. The summed E-state index contributed by atoms with van der Waals surface area (Å²) in [6, 6.07) is 1.44. The number of ketones is 4. The van der Waals surface area contributed by atoms with E-state index >= 15 is 0 Å². The molecule has 0 aliphatic heterocycles. The molecule has 8 aliphatic rings. The molecule has 0 spiro atoms. The van der Waals surface area contributed by atoms with E-state index in [0.29, 0.717) is 39.5 Å². The van der Waals surface area contributed by atoms with E-state index in [-0.39, 0.29) is 53.0 Å².